The molecular formula is C20H23NO3S. The minimum atomic E-state index is -0.908. The fraction of sp³-hybridized carbons (Fsp3) is 0.300. The Morgan fingerprint density at radius 1 is 1.04 bits per heavy atom. The smallest absolute Gasteiger partial charge is 0.308 e. The number of amides is 1. The van der Waals surface area contributed by atoms with Crippen molar-refractivity contribution in [2.75, 3.05) is 6.54 Å². The first-order valence-electron chi connectivity index (χ1n) is 8.28. The number of hydrogen-bond acceptors (Lipinski definition) is 3. The molecule has 1 unspecified atom stereocenters. The lowest BCUT2D eigenvalue weighted by Crippen LogP contribution is -2.34. The summed E-state index contributed by atoms with van der Waals surface area (Å²) in [6.45, 7) is 4.24. The maximum Gasteiger partial charge on any atom is 0.308 e. The van der Waals surface area contributed by atoms with E-state index in [1.54, 1.807) is 17.8 Å². The second-order valence-electron chi connectivity index (χ2n) is 6.10. The van der Waals surface area contributed by atoms with E-state index in [9.17, 15) is 14.7 Å². The summed E-state index contributed by atoms with van der Waals surface area (Å²) in [7, 11) is 0. The maximum atomic E-state index is 12.5. The van der Waals surface area contributed by atoms with Crippen LogP contribution in [0.2, 0.25) is 0 Å². The van der Waals surface area contributed by atoms with E-state index in [-0.39, 0.29) is 12.5 Å². The zero-order chi connectivity index (χ0) is 18.2. The van der Waals surface area contributed by atoms with Crippen molar-refractivity contribution >= 4 is 23.6 Å². The van der Waals surface area contributed by atoms with Crippen LogP contribution in [0.15, 0.2) is 59.5 Å². The van der Waals surface area contributed by atoms with Gasteiger partial charge in [-0.15, -0.1) is 11.8 Å². The number of nitrogens with one attached hydrogen (secondary N) is 1. The van der Waals surface area contributed by atoms with E-state index >= 15 is 0 Å². The van der Waals surface area contributed by atoms with Crippen LogP contribution in [0, 0.1) is 5.92 Å². The number of carbonyl (C=O) groups is 2. The summed E-state index contributed by atoms with van der Waals surface area (Å²) >= 11 is 1.62. The molecule has 1 atom stereocenters. The van der Waals surface area contributed by atoms with Crippen molar-refractivity contribution in [2.24, 2.45) is 5.92 Å². The van der Waals surface area contributed by atoms with Crippen LogP contribution in [-0.4, -0.2) is 28.8 Å². The average Bonchev–Trinajstić information content (AvgIpc) is 2.59. The van der Waals surface area contributed by atoms with Crippen LogP contribution in [0.1, 0.15) is 29.8 Å². The maximum absolute atomic E-state index is 12.5. The predicted octanol–water partition coefficient (Wildman–Crippen LogP) is 3.86. The van der Waals surface area contributed by atoms with E-state index in [4.69, 9.17) is 0 Å². The molecule has 4 nitrogen and oxygen atoms in total. The van der Waals surface area contributed by atoms with E-state index in [1.807, 2.05) is 48.5 Å². The van der Waals surface area contributed by atoms with E-state index in [0.29, 0.717) is 17.2 Å². The summed E-state index contributed by atoms with van der Waals surface area (Å²) in [6.07, 6.45) is 0.388. The van der Waals surface area contributed by atoms with Crippen LogP contribution < -0.4 is 5.32 Å². The van der Waals surface area contributed by atoms with Gasteiger partial charge in [-0.1, -0.05) is 56.3 Å². The fourth-order valence-corrected chi connectivity index (χ4v) is 3.42. The molecular weight excluding hydrogens is 334 g/mol. The first-order chi connectivity index (χ1) is 12.0. The van der Waals surface area contributed by atoms with Gasteiger partial charge in [-0.2, -0.15) is 0 Å². The summed E-state index contributed by atoms with van der Waals surface area (Å²) in [5, 5.41) is 12.6. The van der Waals surface area contributed by atoms with Gasteiger partial charge in [0.05, 0.1) is 11.5 Å². The van der Waals surface area contributed by atoms with Gasteiger partial charge in [-0.3, -0.25) is 9.59 Å². The molecule has 0 aromatic heterocycles. The van der Waals surface area contributed by atoms with E-state index in [2.05, 4.69) is 19.2 Å². The number of hydrogen-bond donors (Lipinski definition) is 2. The fourth-order valence-electron chi connectivity index (χ4n) is 2.47. The van der Waals surface area contributed by atoms with Gasteiger partial charge in [0, 0.05) is 16.7 Å². The van der Waals surface area contributed by atoms with Gasteiger partial charge in [0.2, 0.25) is 0 Å². The zero-order valence-corrected chi connectivity index (χ0v) is 15.3. The van der Waals surface area contributed by atoms with Crippen molar-refractivity contribution in [1.29, 1.82) is 0 Å². The number of benzene rings is 2. The highest BCUT2D eigenvalue weighted by Crippen LogP contribution is 2.26. The summed E-state index contributed by atoms with van der Waals surface area (Å²) in [5.41, 5.74) is 1.53. The largest absolute Gasteiger partial charge is 0.481 e. The second kappa shape index (κ2) is 9.28. The second-order valence-corrected chi connectivity index (χ2v) is 7.72. The molecule has 25 heavy (non-hydrogen) atoms. The summed E-state index contributed by atoms with van der Waals surface area (Å²) in [6, 6.07) is 16.8. The Morgan fingerprint density at radius 2 is 1.68 bits per heavy atom. The molecule has 0 bridgehead atoms. The van der Waals surface area contributed by atoms with Crippen molar-refractivity contribution in [2.45, 2.75) is 30.4 Å². The van der Waals surface area contributed by atoms with Crippen molar-refractivity contribution in [3.63, 3.8) is 0 Å². The van der Waals surface area contributed by atoms with Crippen LogP contribution in [0.25, 0.3) is 0 Å². The first kappa shape index (κ1) is 19.1. The van der Waals surface area contributed by atoms with Gasteiger partial charge in [0.15, 0.2) is 0 Å². The van der Waals surface area contributed by atoms with E-state index in [0.717, 1.165) is 10.5 Å². The highest BCUT2D eigenvalue weighted by molar-refractivity contribution is 8.00. The van der Waals surface area contributed by atoms with Crippen LogP contribution in [0.5, 0.6) is 0 Å². The van der Waals surface area contributed by atoms with E-state index in [1.165, 1.54) is 0 Å². The summed E-state index contributed by atoms with van der Waals surface area (Å²) in [5.74, 6) is -1.80. The molecule has 5 heteroatoms. The third-order valence-electron chi connectivity index (χ3n) is 3.68. The standard InChI is InChI=1S/C20H23NO3S/c1-14(2)25-18-11-7-6-10-17(18)19(22)21-13-16(20(23)24)12-15-8-4-3-5-9-15/h3-11,14,16H,12-13H2,1-2H3,(H,21,22)(H,23,24). The Hall–Kier alpha value is -2.27. The summed E-state index contributed by atoms with van der Waals surface area (Å²) in [4.78, 5) is 24.9. The molecule has 132 valence electrons. The molecule has 2 rings (SSSR count). The van der Waals surface area contributed by atoms with Crippen LogP contribution in [0.4, 0.5) is 0 Å². The molecule has 0 aliphatic rings. The Morgan fingerprint density at radius 3 is 2.32 bits per heavy atom. The molecule has 0 radical (unpaired) electrons. The van der Waals surface area contributed by atoms with Crippen molar-refractivity contribution in [1.82, 2.24) is 5.32 Å². The van der Waals surface area contributed by atoms with Gasteiger partial charge in [-0.05, 0) is 24.1 Å². The van der Waals surface area contributed by atoms with Crippen molar-refractivity contribution < 1.29 is 14.7 Å². The van der Waals surface area contributed by atoms with Crippen LogP contribution in [-0.2, 0) is 11.2 Å². The molecule has 0 aliphatic heterocycles. The molecule has 2 aromatic rings. The molecule has 0 heterocycles. The van der Waals surface area contributed by atoms with Crippen LogP contribution >= 0.6 is 11.8 Å². The van der Waals surface area contributed by atoms with Gasteiger partial charge in [-0.25, -0.2) is 0 Å². The lowest BCUT2D eigenvalue weighted by Gasteiger charge is -2.15. The lowest BCUT2D eigenvalue weighted by molar-refractivity contribution is -0.141. The van der Waals surface area contributed by atoms with Crippen LogP contribution in [0.3, 0.4) is 0 Å². The first-order valence-corrected chi connectivity index (χ1v) is 9.16. The number of rotatable bonds is 8. The van der Waals surface area contributed by atoms with Crippen molar-refractivity contribution in [3.05, 3.63) is 65.7 Å². The van der Waals surface area contributed by atoms with Gasteiger partial charge in [0.1, 0.15) is 0 Å². The molecule has 0 saturated carbocycles. The minimum Gasteiger partial charge on any atom is -0.481 e. The third kappa shape index (κ3) is 5.94. The van der Waals surface area contributed by atoms with Crippen molar-refractivity contribution in [3.8, 4) is 0 Å². The summed E-state index contributed by atoms with van der Waals surface area (Å²) < 4.78 is 0. The molecule has 1 amide bonds. The molecule has 0 aliphatic carbocycles. The molecule has 2 aromatic carbocycles. The predicted molar refractivity (Wildman–Crippen MR) is 101 cm³/mol. The Labute approximate surface area is 152 Å². The molecule has 0 spiro atoms. The SMILES string of the molecule is CC(C)Sc1ccccc1C(=O)NCC(Cc1ccccc1)C(=O)O. The van der Waals surface area contributed by atoms with Gasteiger partial charge in [0.25, 0.3) is 5.91 Å². The number of carbonyl (C=O) groups excluding carboxylic acids is 1. The quantitative estimate of drug-likeness (QED) is 0.704. The third-order valence-corrected chi connectivity index (χ3v) is 4.76. The average molecular weight is 357 g/mol. The zero-order valence-electron chi connectivity index (χ0n) is 14.4. The number of carboxylic acids is 1. The number of thioether (sulfide) groups is 1. The Bertz CT molecular complexity index is 716. The topological polar surface area (TPSA) is 66.4 Å². The highest BCUT2D eigenvalue weighted by Gasteiger charge is 2.20. The Kier molecular flexibility index (Phi) is 7.07. The Balaban J connectivity index is 2.03. The van der Waals surface area contributed by atoms with Gasteiger partial charge >= 0.3 is 5.97 Å². The monoisotopic (exact) mass is 357 g/mol. The normalized spacial score (nSPS) is 12.0. The number of aliphatic carboxylic acids is 1. The number of carboxylic acid groups (broad SMARTS) is 1. The molecule has 2 N–H and O–H groups in total. The molecule has 0 fully saturated rings. The van der Waals surface area contributed by atoms with Gasteiger partial charge < -0.3 is 10.4 Å². The minimum absolute atomic E-state index is 0.101. The molecule has 0 saturated heterocycles. The van der Waals surface area contributed by atoms with E-state index < -0.39 is 11.9 Å². The lowest BCUT2D eigenvalue weighted by atomic mass is 9.99. The highest BCUT2D eigenvalue weighted by atomic mass is 32.2.